The van der Waals surface area contributed by atoms with E-state index in [9.17, 15) is 9.59 Å². The van der Waals surface area contributed by atoms with Crippen LogP contribution < -0.4 is 9.47 Å². The van der Waals surface area contributed by atoms with Crippen molar-refractivity contribution < 1.29 is 19.1 Å². The second kappa shape index (κ2) is 11.6. The quantitative estimate of drug-likeness (QED) is 0.264. The van der Waals surface area contributed by atoms with Crippen LogP contribution in [0.15, 0.2) is 97.1 Å². The summed E-state index contributed by atoms with van der Waals surface area (Å²) in [5.41, 5.74) is 2.85. The van der Waals surface area contributed by atoms with Gasteiger partial charge in [0.05, 0.1) is 0 Å². The zero-order valence-electron chi connectivity index (χ0n) is 17.9. The predicted octanol–water partition coefficient (Wildman–Crippen LogP) is 8.29. The van der Waals surface area contributed by atoms with Gasteiger partial charge in [0.25, 0.3) is 0 Å². The monoisotopic (exact) mass is 454 g/mol. The molecule has 0 aliphatic carbocycles. The first kappa shape index (κ1) is 26.1. The number of ketones is 2. The van der Waals surface area contributed by atoms with Crippen LogP contribution in [0, 0.1) is 6.92 Å². The molecule has 0 saturated carbocycles. The highest BCUT2D eigenvalue weighted by Gasteiger charge is 2.10. The maximum absolute atomic E-state index is 12.7. The molecule has 4 heteroatoms. The van der Waals surface area contributed by atoms with Crippen LogP contribution in [0.25, 0.3) is 0 Å². The van der Waals surface area contributed by atoms with Crippen molar-refractivity contribution in [1.29, 1.82) is 0 Å². The van der Waals surface area contributed by atoms with E-state index in [0.29, 0.717) is 28.2 Å². The van der Waals surface area contributed by atoms with Crippen molar-refractivity contribution in [2.24, 2.45) is 0 Å². The molecule has 0 radical (unpaired) electrons. The molecule has 4 aromatic carbocycles. The SMILES string of the molecule is C.C.CC(=O)c1ccc(C(=O)c2ccc(Oc3ccc(Oc4ccc(C)cc4)cc3)cc2)cc1. The summed E-state index contributed by atoms with van der Waals surface area (Å²) in [4.78, 5) is 24.1. The Balaban J connectivity index is 0.00000204. The number of carbonyl (C=O) groups is 2. The molecule has 0 spiro atoms. The Labute approximate surface area is 201 Å². The highest BCUT2D eigenvalue weighted by atomic mass is 16.5. The second-order valence-electron chi connectivity index (χ2n) is 7.48. The lowest BCUT2D eigenvalue weighted by Crippen LogP contribution is -2.02. The van der Waals surface area contributed by atoms with Crippen LogP contribution in [0.3, 0.4) is 0 Å². The molecule has 0 atom stereocenters. The summed E-state index contributed by atoms with van der Waals surface area (Å²) >= 11 is 0. The lowest BCUT2D eigenvalue weighted by molar-refractivity contribution is 0.101. The summed E-state index contributed by atoms with van der Waals surface area (Å²) in [5.74, 6) is 2.66. The molecule has 0 bridgehead atoms. The van der Waals surface area contributed by atoms with Crippen molar-refractivity contribution in [3.8, 4) is 23.0 Å². The smallest absolute Gasteiger partial charge is 0.193 e. The van der Waals surface area contributed by atoms with Crippen molar-refractivity contribution >= 4 is 11.6 Å². The third-order valence-electron chi connectivity index (χ3n) is 4.99. The average molecular weight is 455 g/mol. The highest BCUT2D eigenvalue weighted by Crippen LogP contribution is 2.27. The summed E-state index contributed by atoms with van der Waals surface area (Å²) in [6.07, 6.45) is 0. The Kier molecular flexibility index (Phi) is 8.91. The van der Waals surface area contributed by atoms with Gasteiger partial charge in [0, 0.05) is 16.7 Å². The molecule has 0 aromatic heterocycles. The number of ether oxygens (including phenoxy) is 2. The number of hydrogen-bond donors (Lipinski definition) is 0. The van der Waals surface area contributed by atoms with Crippen LogP contribution in [0.2, 0.25) is 0 Å². The van der Waals surface area contributed by atoms with E-state index in [1.165, 1.54) is 12.5 Å². The molecular weight excluding hydrogens is 424 g/mol. The van der Waals surface area contributed by atoms with Gasteiger partial charge in [0.2, 0.25) is 0 Å². The number of aryl methyl sites for hydroxylation is 1. The Morgan fingerprint density at radius 3 is 1.18 bits per heavy atom. The second-order valence-corrected chi connectivity index (χ2v) is 7.48. The molecule has 0 amide bonds. The molecule has 0 unspecified atom stereocenters. The van der Waals surface area contributed by atoms with Crippen LogP contribution in [0.1, 0.15) is 53.6 Å². The minimum absolute atomic E-state index is 0. The third kappa shape index (κ3) is 6.42. The van der Waals surface area contributed by atoms with E-state index in [-0.39, 0.29) is 26.4 Å². The highest BCUT2D eigenvalue weighted by molar-refractivity contribution is 6.09. The van der Waals surface area contributed by atoms with Gasteiger partial charge in [-0.05, 0) is 74.5 Å². The van der Waals surface area contributed by atoms with Crippen molar-refractivity contribution in [3.05, 3.63) is 119 Å². The number of benzene rings is 4. The number of carbonyl (C=O) groups excluding carboxylic acids is 2. The van der Waals surface area contributed by atoms with Gasteiger partial charge in [-0.15, -0.1) is 0 Å². The van der Waals surface area contributed by atoms with Crippen LogP contribution in [-0.4, -0.2) is 11.6 Å². The van der Waals surface area contributed by atoms with E-state index in [0.717, 1.165) is 11.5 Å². The van der Waals surface area contributed by atoms with Gasteiger partial charge < -0.3 is 9.47 Å². The molecule has 0 aliphatic rings. The summed E-state index contributed by atoms with van der Waals surface area (Å²) in [5, 5.41) is 0. The number of Topliss-reactive ketones (excluding diaryl/α,β-unsaturated/α-hetero) is 1. The van der Waals surface area contributed by atoms with Gasteiger partial charge in [-0.1, -0.05) is 56.8 Å². The first-order valence-electron chi connectivity index (χ1n) is 10.3. The number of rotatable bonds is 7. The van der Waals surface area contributed by atoms with Gasteiger partial charge >= 0.3 is 0 Å². The Hall–Kier alpha value is -4.18. The molecule has 174 valence electrons. The zero-order chi connectivity index (χ0) is 22.5. The molecule has 4 rings (SSSR count). The first-order chi connectivity index (χ1) is 15.5. The Bertz CT molecular complexity index is 1220. The van der Waals surface area contributed by atoms with Gasteiger partial charge in [-0.2, -0.15) is 0 Å². The van der Waals surface area contributed by atoms with E-state index < -0.39 is 0 Å². The van der Waals surface area contributed by atoms with E-state index in [2.05, 4.69) is 0 Å². The zero-order valence-corrected chi connectivity index (χ0v) is 17.9. The first-order valence-corrected chi connectivity index (χ1v) is 10.3. The molecule has 0 aliphatic heterocycles. The summed E-state index contributed by atoms with van der Waals surface area (Å²) in [6.45, 7) is 3.53. The minimum Gasteiger partial charge on any atom is -0.457 e. The van der Waals surface area contributed by atoms with Crippen LogP contribution in [0.5, 0.6) is 23.0 Å². The van der Waals surface area contributed by atoms with Crippen LogP contribution in [0.4, 0.5) is 0 Å². The standard InChI is InChI=1S/C28H22O4.2CH4/c1-19-3-11-24(12-4-19)31-26-15-17-27(18-16-26)32-25-13-9-23(10-14-25)28(30)22-7-5-21(6-8-22)20(2)29;;/h3-18H,1-2H3;2*1H4. The number of hydrogen-bond acceptors (Lipinski definition) is 4. The van der Waals surface area contributed by atoms with E-state index in [1.54, 1.807) is 48.5 Å². The Morgan fingerprint density at radius 2 is 0.794 bits per heavy atom. The van der Waals surface area contributed by atoms with E-state index >= 15 is 0 Å². The minimum atomic E-state index is -0.107. The fourth-order valence-corrected chi connectivity index (χ4v) is 3.15. The van der Waals surface area contributed by atoms with Crippen molar-refractivity contribution in [2.45, 2.75) is 28.7 Å². The molecule has 0 saturated heterocycles. The van der Waals surface area contributed by atoms with Crippen molar-refractivity contribution in [1.82, 2.24) is 0 Å². The van der Waals surface area contributed by atoms with Crippen molar-refractivity contribution in [2.75, 3.05) is 0 Å². The molecule has 0 fully saturated rings. The van der Waals surface area contributed by atoms with Gasteiger partial charge in [0.15, 0.2) is 11.6 Å². The maximum Gasteiger partial charge on any atom is 0.193 e. The maximum atomic E-state index is 12.7. The predicted molar refractivity (Wildman–Crippen MR) is 138 cm³/mol. The van der Waals surface area contributed by atoms with E-state index in [1.807, 2.05) is 55.5 Å². The largest absolute Gasteiger partial charge is 0.457 e. The normalized spacial score (nSPS) is 9.82. The van der Waals surface area contributed by atoms with Crippen molar-refractivity contribution in [3.63, 3.8) is 0 Å². The third-order valence-corrected chi connectivity index (χ3v) is 4.99. The fraction of sp³-hybridized carbons (Fsp3) is 0.133. The Morgan fingerprint density at radius 1 is 0.500 bits per heavy atom. The van der Waals surface area contributed by atoms with Crippen LogP contribution in [-0.2, 0) is 0 Å². The van der Waals surface area contributed by atoms with Crippen LogP contribution >= 0.6 is 0 Å². The lowest BCUT2D eigenvalue weighted by atomic mass is 10.0. The molecule has 4 nitrogen and oxygen atoms in total. The van der Waals surface area contributed by atoms with E-state index in [4.69, 9.17) is 9.47 Å². The summed E-state index contributed by atoms with van der Waals surface area (Å²) in [6, 6.07) is 28.9. The molecule has 0 N–H and O–H groups in total. The summed E-state index contributed by atoms with van der Waals surface area (Å²) in [7, 11) is 0. The topological polar surface area (TPSA) is 52.6 Å². The van der Waals surface area contributed by atoms with Gasteiger partial charge in [-0.3, -0.25) is 9.59 Å². The molecule has 4 aromatic rings. The lowest BCUT2D eigenvalue weighted by Gasteiger charge is -2.09. The molecular formula is C30H30O4. The molecule has 34 heavy (non-hydrogen) atoms. The average Bonchev–Trinajstić information content (AvgIpc) is 2.82. The summed E-state index contributed by atoms with van der Waals surface area (Å²) < 4.78 is 11.7. The van der Waals surface area contributed by atoms with Gasteiger partial charge in [0.1, 0.15) is 23.0 Å². The molecule has 0 heterocycles. The van der Waals surface area contributed by atoms with Gasteiger partial charge in [-0.25, -0.2) is 0 Å². The fourth-order valence-electron chi connectivity index (χ4n) is 3.15.